The van der Waals surface area contributed by atoms with E-state index in [9.17, 15) is 54.3 Å². The average molecular weight is 667 g/mol. The largest absolute Gasteiger partial charge is 0.507 e. The molecule has 0 radical (unpaired) electrons. The molecular weight excluding hydrogens is 636 g/mol. The highest BCUT2D eigenvalue weighted by Crippen LogP contribution is 2.65. The number of hydrogen-bond donors (Lipinski definition) is 6. The van der Waals surface area contributed by atoms with Crippen molar-refractivity contribution in [2.75, 3.05) is 7.11 Å². The number of methoxy groups -OCH3 is 1. The van der Waals surface area contributed by atoms with Crippen LogP contribution in [0.25, 0.3) is 5.76 Å². The number of ether oxygens (including phenoxy) is 3. The Morgan fingerprint density at radius 1 is 1.00 bits per heavy atom. The summed E-state index contributed by atoms with van der Waals surface area (Å²) >= 11 is 0. The minimum Gasteiger partial charge on any atom is -0.507 e. The molecule has 252 valence electrons. The number of aromatic hydroxyl groups is 3. The van der Waals surface area contributed by atoms with Crippen LogP contribution in [-0.2, 0) is 45.4 Å². The standard InChI is InChI=1S/C33H30O15/c1-10-20-12(4-14(47-10)8-19(38)46-3)5-17-22(29(20)42)27(40)16-9-33(17,48-11(2)34)25-21(16)30(43)24-23(31(25)44)26(39)15(28(41)32(24)45)6-13(35)7-18(36)37/h5,10,13-14,16,35,39,42-44H,4,6-9H2,1-3H3,(H,36,37)/t10-,13+,14+,16+,33+/m0/s1. The monoisotopic (exact) mass is 666 g/mol. The quantitative estimate of drug-likeness (QED) is 0.141. The second-order valence-corrected chi connectivity index (χ2v) is 12.3. The zero-order chi connectivity index (χ0) is 35.1. The number of esters is 2. The molecule has 2 aromatic carbocycles. The lowest BCUT2D eigenvalue weighted by Gasteiger charge is -2.38. The second kappa shape index (κ2) is 11.2. The molecule has 0 fully saturated rings. The lowest BCUT2D eigenvalue weighted by atomic mass is 9.73. The van der Waals surface area contributed by atoms with E-state index in [2.05, 4.69) is 0 Å². The summed E-state index contributed by atoms with van der Waals surface area (Å²) in [4.78, 5) is 76.4. The summed E-state index contributed by atoms with van der Waals surface area (Å²) in [6.45, 7) is 2.65. The highest BCUT2D eigenvalue weighted by Gasteiger charge is 2.61. The van der Waals surface area contributed by atoms with Gasteiger partial charge in [0.25, 0.3) is 0 Å². The normalized spacial score (nSPS) is 24.3. The average Bonchev–Trinajstić information content (AvgIpc) is 3.30. The molecule has 15 heteroatoms. The van der Waals surface area contributed by atoms with Crippen molar-refractivity contribution in [3.8, 4) is 17.2 Å². The Morgan fingerprint density at radius 3 is 2.29 bits per heavy atom. The van der Waals surface area contributed by atoms with Crippen LogP contribution in [0.2, 0.25) is 0 Å². The zero-order valence-corrected chi connectivity index (χ0v) is 25.8. The number of ketones is 3. The van der Waals surface area contributed by atoms with Crippen molar-refractivity contribution in [1.82, 2.24) is 0 Å². The summed E-state index contributed by atoms with van der Waals surface area (Å²) < 4.78 is 16.5. The van der Waals surface area contributed by atoms with Gasteiger partial charge in [-0.15, -0.1) is 0 Å². The molecule has 48 heavy (non-hydrogen) atoms. The van der Waals surface area contributed by atoms with Gasteiger partial charge < -0.3 is 44.8 Å². The van der Waals surface area contributed by atoms with Crippen LogP contribution in [0.3, 0.4) is 0 Å². The summed E-state index contributed by atoms with van der Waals surface area (Å²) in [5.74, 6) is -11.3. The van der Waals surface area contributed by atoms with Gasteiger partial charge in [0.15, 0.2) is 11.4 Å². The number of phenols is 3. The first-order valence-corrected chi connectivity index (χ1v) is 14.9. The summed E-state index contributed by atoms with van der Waals surface area (Å²) in [5, 5.41) is 65.5. The number of Topliss-reactive ketones (excluding diaryl/α,β-unsaturated/α-hetero) is 3. The number of fused-ring (bicyclic) bond motifs is 9. The molecule has 15 nitrogen and oxygen atoms in total. The number of phenolic OH excluding ortho intramolecular Hbond substituents is 3. The number of aliphatic hydroxyl groups excluding tert-OH is 2. The Morgan fingerprint density at radius 2 is 1.67 bits per heavy atom. The third-order valence-electron chi connectivity index (χ3n) is 9.42. The van der Waals surface area contributed by atoms with E-state index < -0.39 is 124 Å². The van der Waals surface area contributed by atoms with Crippen molar-refractivity contribution in [3.05, 3.63) is 56.1 Å². The summed E-state index contributed by atoms with van der Waals surface area (Å²) in [5.41, 5.74) is -4.87. The fourth-order valence-corrected chi connectivity index (χ4v) is 7.65. The maximum absolute atomic E-state index is 14.1. The topological polar surface area (TPSA) is 251 Å². The molecule has 6 rings (SSSR count). The number of carboxylic acids is 1. The molecule has 0 aromatic heterocycles. The van der Waals surface area contributed by atoms with Crippen molar-refractivity contribution in [2.45, 2.75) is 75.8 Å². The summed E-state index contributed by atoms with van der Waals surface area (Å²) in [7, 11) is 1.21. The van der Waals surface area contributed by atoms with Gasteiger partial charge in [0.05, 0.1) is 66.4 Å². The molecule has 2 bridgehead atoms. The van der Waals surface area contributed by atoms with Gasteiger partial charge in [0.1, 0.15) is 23.0 Å². The molecule has 1 heterocycles. The number of carbonyl (C=O) groups is 6. The Labute approximate surface area is 271 Å². The number of hydrogen-bond acceptors (Lipinski definition) is 14. The first kappa shape index (κ1) is 32.7. The van der Waals surface area contributed by atoms with Crippen molar-refractivity contribution in [2.24, 2.45) is 0 Å². The summed E-state index contributed by atoms with van der Waals surface area (Å²) in [6.07, 6.45) is -5.36. The van der Waals surface area contributed by atoms with Crippen LogP contribution in [0.15, 0.2) is 11.6 Å². The first-order valence-electron chi connectivity index (χ1n) is 14.9. The van der Waals surface area contributed by atoms with Gasteiger partial charge in [-0.05, 0) is 25.0 Å². The molecule has 0 spiro atoms. The van der Waals surface area contributed by atoms with Gasteiger partial charge in [-0.2, -0.15) is 0 Å². The van der Waals surface area contributed by atoms with E-state index in [0.29, 0.717) is 5.56 Å². The lowest BCUT2D eigenvalue weighted by Crippen LogP contribution is -2.38. The molecule has 6 N–H and O–H groups in total. The van der Waals surface area contributed by atoms with E-state index in [0.717, 1.165) is 6.92 Å². The van der Waals surface area contributed by atoms with Gasteiger partial charge >= 0.3 is 17.9 Å². The number of rotatable bonds is 7. The molecule has 3 aliphatic carbocycles. The number of carbonyl (C=O) groups excluding carboxylic acids is 5. The highest BCUT2D eigenvalue weighted by molar-refractivity contribution is 6.53. The smallest absolute Gasteiger partial charge is 0.308 e. The molecule has 0 amide bonds. The highest BCUT2D eigenvalue weighted by atomic mass is 16.6. The van der Waals surface area contributed by atoms with Crippen molar-refractivity contribution in [1.29, 1.82) is 0 Å². The van der Waals surface area contributed by atoms with Crippen molar-refractivity contribution < 1.29 is 73.6 Å². The van der Waals surface area contributed by atoms with Crippen LogP contribution in [-0.4, -0.2) is 85.2 Å². The van der Waals surface area contributed by atoms with E-state index in [4.69, 9.17) is 19.3 Å². The van der Waals surface area contributed by atoms with Crippen LogP contribution < -0.4 is 0 Å². The van der Waals surface area contributed by atoms with Gasteiger partial charge in [0, 0.05) is 42.0 Å². The van der Waals surface area contributed by atoms with Gasteiger partial charge in [-0.3, -0.25) is 28.8 Å². The van der Waals surface area contributed by atoms with E-state index in [1.165, 1.54) is 13.2 Å². The van der Waals surface area contributed by atoms with Crippen LogP contribution in [0.4, 0.5) is 0 Å². The molecule has 0 unspecified atom stereocenters. The summed E-state index contributed by atoms with van der Waals surface area (Å²) in [6, 6.07) is 1.48. The minimum absolute atomic E-state index is 0.0554. The molecule has 2 aromatic rings. The Balaban J connectivity index is 1.62. The Hall–Kier alpha value is -5.28. The Kier molecular flexibility index (Phi) is 7.59. The fraction of sp³-hybridized carbons (Fsp3) is 0.394. The van der Waals surface area contributed by atoms with E-state index in [1.807, 2.05) is 0 Å². The third kappa shape index (κ3) is 4.56. The van der Waals surface area contributed by atoms with E-state index in [-0.39, 0.29) is 40.7 Å². The predicted molar refractivity (Wildman–Crippen MR) is 158 cm³/mol. The van der Waals surface area contributed by atoms with Crippen molar-refractivity contribution in [3.63, 3.8) is 0 Å². The zero-order valence-electron chi connectivity index (χ0n) is 25.8. The molecule has 1 aliphatic heterocycles. The van der Waals surface area contributed by atoms with E-state index in [1.54, 1.807) is 6.92 Å². The maximum atomic E-state index is 14.1. The minimum atomic E-state index is -2.08. The van der Waals surface area contributed by atoms with Crippen LogP contribution >= 0.6 is 0 Å². The van der Waals surface area contributed by atoms with Crippen LogP contribution in [0, 0.1) is 0 Å². The van der Waals surface area contributed by atoms with Crippen LogP contribution in [0.1, 0.15) is 106 Å². The Bertz CT molecular complexity index is 1920. The molecule has 4 aliphatic rings. The lowest BCUT2D eigenvalue weighted by molar-refractivity contribution is -0.154. The molecular formula is C33H30O15. The first-order chi connectivity index (χ1) is 22.5. The SMILES string of the molecule is COC(=O)C[C@H]1Cc2cc3c(c(O)c2[C@H](C)O1)C(=O)[C@@H]1C[C@]3(OC(C)=O)c2c(O)c3c(c(O)c21)C(=O)C(=O)C(C[C@@H](O)CC(=O)O)=C3O. The van der Waals surface area contributed by atoms with Crippen LogP contribution in [0.5, 0.6) is 17.2 Å². The molecule has 0 saturated heterocycles. The number of carboxylic acid groups (broad SMARTS) is 1. The van der Waals surface area contributed by atoms with E-state index >= 15 is 0 Å². The van der Waals surface area contributed by atoms with Crippen molar-refractivity contribution >= 4 is 41.0 Å². The number of aliphatic carboxylic acids is 1. The van der Waals surface area contributed by atoms with Gasteiger partial charge in [0.2, 0.25) is 11.6 Å². The third-order valence-corrected chi connectivity index (χ3v) is 9.42. The van der Waals surface area contributed by atoms with Gasteiger partial charge in [-0.1, -0.05) is 0 Å². The number of aliphatic hydroxyl groups is 2. The fourth-order valence-electron chi connectivity index (χ4n) is 7.65. The molecule has 0 saturated carbocycles. The maximum Gasteiger partial charge on any atom is 0.308 e. The predicted octanol–water partition coefficient (Wildman–Crippen LogP) is 2.12. The number of benzene rings is 2. The molecule has 5 atom stereocenters. The second-order valence-electron chi connectivity index (χ2n) is 12.3. The van der Waals surface area contributed by atoms with Gasteiger partial charge in [-0.25, -0.2) is 0 Å².